The van der Waals surface area contributed by atoms with Crippen molar-refractivity contribution in [2.45, 2.75) is 24.7 Å². The zero-order valence-corrected chi connectivity index (χ0v) is 9.51. The van der Waals surface area contributed by atoms with Crippen LogP contribution in [0.3, 0.4) is 0 Å². The Labute approximate surface area is 94.0 Å². The van der Waals surface area contributed by atoms with Crippen molar-refractivity contribution in [2.24, 2.45) is 0 Å². The van der Waals surface area contributed by atoms with Crippen LogP contribution in [0.1, 0.15) is 19.8 Å². The molecule has 0 saturated carbocycles. The van der Waals surface area contributed by atoms with Crippen molar-refractivity contribution >= 4 is 23.7 Å². The van der Waals surface area contributed by atoms with Crippen LogP contribution in [-0.2, 0) is 0 Å². The zero-order valence-electron chi connectivity index (χ0n) is 8.69. The van der Waals surface area contributed by atoms with Crippen LogP contribution >= 0.6 is 11.9 Å². The first-order valence-corrected chi connectivity index (χ1v) is 5.98. The first kappa shape index (κ1) is 10.4. The fourth-order valence-corrected chi connectivity index (χ4v) is 2.30. The number of benzene rings is 1. The first-order chi connectivity index (χ1) is 7.33. The summed E-state index contributed by atoms with van der Waals surface area (Å²) in [6, 6.07) is 7.97. The second-order valence-corrected chi connectivity index (χ2v) is 4.33. The molecule has 15 heavy (non-hydrogen) atoms. The molecular weight excluding hydrogens is 208 g/mol. The summed E-state index contributed by atoms with van der Waals surface area (Å²) in [7, 11) is 0. The Morgan fingerprint density at radius 2 is 2.20 bits per heavy atom. The zero-order chi connectivity index (χ0) is 10.7. The number of fused-ring (bicyclic) bond motifs is 1. The van der Waals surface area contributed by atoms with E-state index in [0.29, 0.717) is 0 Å². The van der Waals surface area contributed by atoms with Crippen molar-refractivity contribution in [3.63, 3.8) is 0 Å². The van der Waals surface area contributed by atoms with Crippen molar-refractivity contribution in [1.29, 1.82) is 0 Å². The maximum atomic E-state index is 11.7. The van der Waals surface area contributed by atoms with Gasteiger partial charge in [0.25, 0.3) is 0 Å². The van der Waals surface area contributed by atoms with Gasteiger partial charge < -0.3 is 0 Å². The highest BCUT2D eigenvalue weighted by atomic mass is 32.2. The van der Waals surface area contributed by atoms with Crippen LogP contribution < -0.4 is 9.62 Å². The van der Waals surface area contributed by atoms with E-state index >= 15 is 0 Å². The van der Waals surface area contributed by atoms with Gasteiger partial charge in [-0.3, -0.25) is 9.62 Å². The summed E-state index contributed by atoms with van der Waals surface area (Å²) in [6.07, 6.45) is 2.13. The molecule has 3 nitrogen and oxygen atoms in total. The van der Waals surface area contributed by atoms with Crippen molar-refractivity contribution < 1.29 is 4.79 Å². The van der Waals surface area contributed by atoms with E-state index in [1.165, 1.54) is 11.9 Å². The number of anilines is 1. The molecule has 1 heterocycles. The van der Waals surface area contributed by atoms with E-state index in [0.717, 1.165) is 30.0 Å². The number of amides is 2. The summed E-state index contributed by atoms with van der Waals surface area (Å²) >= 11 is 1.39. The van der Waals surface area contributed by atoms with Gasteiger partial charge in [-0.05, 0) is 30.5 Å². The first-order valence-electron chi connectivity index (χ1n) is 5.16. The summed E-state index contributed by atoms with van der Waals surface area (Å²) in [6.45, 7) is 2.92. The summed E-state index contributed by atoms with van der Waals surface area (Å²) in [5, 5.41) is 0. The quantitative estimate of drug-likeness (QED) is 0.797. The predicted molar refractivity (Wildman–Crippen MR) is 63.1 cm³/mol. The molecule has 0 saturated heterocycles. The molecule has 0 unspecified atom stereocenters. The van der Waals surface area contributed by atoms with Crippen LogP contribution in [0.2, 0.25) is 0 Å². The van der Waals surface area contributed by atoms with E-state index in [4.69, 9.17) is 0 Å². The average molecular weight is 222 g/mol. The average Bonchev–Trinajstić information content (AvgIpc) is 2.28. The molecule has 0 radical (unpaired) electrons. The van der Waals surface area contributed by atoms with Gasteiger partial charge in [0.2, 0.25) is 0 Å². The minimum Gasteiger partial charge on any atom is -0.293 e. The lowest BCUT2D eigenvalue weighted by Gasteiger charge is -2.28. The van der Waals surface area contributed by atoms with E-state index in [-0.39, 0.29) is 6.03 Å². The lowest BCUT2D eigenvalue weighted by molar-refractivity contribution is 0.251. The van der Waals surface area contributed by atoms with Crippen LogP contribution in [0, 0.1) is 0 Å². The Hall–Kier alpha value is -1.16. The summed E-state index contributed by atoms with van der Waals surface area (Å²) in [5.74, 6) is 0. The van der Waals surface area contributed by atoms with Gasteiger partial charge in [0.15, 0.2) is 0 Å². The molecule has 1 aliphatic rings. The fraction of sp³-hybridized carbons (Fsp3) is 0.364. The Kier molecular flexibility index (Phi) is 3.16. The third kappa shape index (κ3) is 2.09. The minimum absolute atomic E-state index is 0.00727. The van der Waals surface area contributed by atoms with Crippen LogP contribution in [0.25, 0.3) is 0 Å². The molecule has 0 aromatic heterocycles. The highest BCUT2D eigenvalue weighted by Gasteiger charge is 2.23. The number of hydrogen-bond donors (Lipinski definition) is 1. The van der Waals surface area contributed by atoms with E-state index in [9.17, 15) is 4.79 Å². The van der Waals surface area contributed by atoms with Gasteiger partial charge in [-0.2, -0.15) is 0 Å². The number of carbonyl (C=O) groups is 1. The highest BCUT2D eigenvalue weighted by Crippen LogP contribution is 2.32. The lowest BCUT2D eigenvalue weighted by atomic mass is 10.2. The summed E-state index contributed by atoms with van der Waals surface area (Å²) in [5.41, 5.74) is 1.03. The number of hydrogen-bond acceptors (Lipinski definition) is 2. The van der Waals surface area contributed by atoms with Crippen LogP contribution in [0.4, 0.5) is 10.5 Å². The largest absolute Gasteiger partial charge is 0.332 e. The van der Waals surface area contributed by atoms with E-state index in [1.807, 2.05) is 29.2 Å². The molecule has 4 heteroatoms. The summed E-state index contributed by atoms with van der Waals surface area (Å²) in [4.78, 5) is 14.6. The Bertz CT molecular complexity index is 367. The van der Waals surface area contributed by atoms with Crippen LogP contribution in [0.5, 0.6) is 0 Å². The number of para-hydroxylation sites is 1. The molecule has 0 aliphatic carbocycles. The van der Waals surface area contributed by atoms with Crippen molar-refractivity contribution in [2.75, 3.05) is 11.4 Å². The van der Waals surface area contributed by atoms with Gasteiger partial charge in [0.1, 0.15) is 0 Å². The standard InChI is InChI=1S/C11H14N2OS/c1-2-3-8-13-9-6-4-5-7-10(9)15-12-11(13)14/h4-7H,2-3,8H2,1H3,(H,12,14). The van der Waals surface area contributed by atoms with Crippen molar-refractivity contribution in [3.8, 4) is 0 Å². The molecule has 1 aromatic rings. The number of urea groups is 1. The number of nitrogens with one attached hydrogen (secondary N) is 1. The number of unbranched alkanes of at least 4 members (excludes halogenated alkanes) is 1. The van der Waals surface area contributed by atoms with E-state index in [1.54, 1.807) is 0 Å². The van der Waals surface area contributed by atoms with Gasteiger partial charge >= 0.3 is 6.03 Å². The minimum atomic E-state index is -0.00727. The number of rotatable bonds is 3. The molecule has 0 spiro atoms. The topological polar surface area (TPSA) is 32.3 Å². The molecule has 0 fully saturated rings. The van der Waals surface area contributed by atoms with Crippen LogP contribution in [0.15, 0.2) is 29.2 Å². The van der Waals surface area contributed by atoms with Gasteiger partial charge in [0.05, 0.1) is 10.6 Å². The van der Waals surface area contributed by atoms with Crippen LogP contribution in [-0.4, -0.2) is 12.6 Å². The van der Waals surface area contributed by atoms with Gasteiger partial charge in [-0.25, -0.2) is 4.79 Å². The lowest BCUT2D eigenvalue weighted by Crippen LogP contribution is -2.40. The van der Waals surface area contributed by atoms with E-state index in [2.05, 4.69) is 11.6 Å². The van der Waals surface area contributed by atoms with Gasteiger partial charge in [-0.15, -0.1) is 0 Å². The molecule has 0 atom stereocenters. The fourth-order valence-electron chi connectivity index (χ4n) is 1.57. The molecule has 2 amide bonds. The SMILES string of the molecule is CCCCN1C(=O)NSc2ccccc21. The molecule has 2 rings (SSSR count). The second-order valence-electron chi connectivity index (χ2n) is 3.48. The van der Waals surface area contributed by atoms with Crippen molar-refractivity contribution in [3.05, 3.63) is 24.3 Å². The third-order valence-electron chi connectivity index (χ3n) is 2.38. The molecule has 1 aromatic carbocycles. The predicted octanol–water partition coefficient (Wildman–Crippen LogP) is 3.02. The summed E-state index contributed by atoms with van der Waals surface area (Å²) < 4.78 is 2.80. The Morgan fingerprint density at radius 1 is 1.40 bits per heavy atom. The normalized spacial score (nSPS) is 14.7. The number of nitrogens with zero attached hydrogens (tertiary/aromatic N) is 1. The molecule has 1 N–H and O–H groups in total. The Morgan fingerprint density at radius 3 is 3.00 bits per heavy atom. The Balaban J connectivity index is 2.25. The van der Waals surface area contributed by atoms with Gasteiger partial charge in [-0.1, -0.05) is 25.5 Å². The van der Waals surface area contributed by atoms with Gasteiger partial charge in [0, 0.05) is 6.54 Å². The monoisotopic (exact) mass is 222 g/mol. The van der Waals surface area contributed by atoms with E-state index < -0.39 is 0 Å². The maximum absolute atomic E-state index is 11.7. The highest BCUT2D eigenvalue weighted by molar-refractivity contribution is 7.98. The molecule has 0 bridgehead atoms. The van der Waals surface area contributed by atoms with Crippen molar-refractivity contribution in [1.82, 2.24) is 4.72 Å². The molecular formula is C11H14N2OS. The third-order valence-corrected chi connectivity index (χ3v) is 3.23. The maximum Gasteiger partial charge on any atom is 0.332 e. The molecule has 80 valence electrons. The second kappa shape index (κ2) is 4.57. The molecule has 1 aliphatic heterocycles. The number of carbonyl (C=O) groups excluding carboxylic acids is 1. The smallest absolute Gasteiger partial charge is 0.293 e.